The number of benzene rings is 1. The highest BCUT2D eigenvalue weighted by Gasteiger charge is 2.21. The highest BCUT2D eigenvalue weighted by molar-refractivity contribution is 7.15. The standard InChI is InChI=1S/C15H19N3S/c1-11-14(8-9-16)19-15(17-11)18-10-4-6-12-5-2-3-7-13(12)18/h2-3,5,7H,4,6,8-10,16H2,1H3. The first-order chi connectivity index (χ1) is 9.29. The molecular formula is C15H19N3S. The number of hydrogen-bond acceptors (Lipinski definition) is 4. The maximum absolute atomic E-state index is 5.66. The number of nitrogens with zero attached hydrogens (tertiary/aromatic N) is 2. The smallest absolute Gasteiger partial charge is 0.190 e. The van der Waals surface area contributed by atoms with Gasteiger partial charge < -0.3 is 10.6 Å². The van der Waals surface area contributed by atoms with E-state index in [1.54, 1.807) is 11.3 Å². The van der Waals surface area contributed by atoms with Crippen LogP contribution in [0.25, 0.3) is 0 Å². The van der Waals surface area contributed by atoms with Crippen LogP contribution in [0.3, 0.4) is 0 Å². The number of para-hydroxylation sites is 1. The average molecular weight is 273 g/mol. The van der Waals surface area contributed by atoms with Crippen LogP contribution in [0, 0.1) is 6.92 Å². The van der Waals surface area contributed by atoms with Crippen LogP contribution in [-0.4, -0.2) is 18.1 Å². The van der Waals surface area contributed by atoms with Gasteiger partial charge in [-0.1, -0.05) is 18.2 Å². The lowest BCUT2D eigenvalue weighted by Crippen LogP contribution is -2.24. The van der Waals surface area contributed by atoms with Gasteiger partial charge in [0.05, 0.1) is 5.69 Å². The number of nitrogens with two attached hydrogens (primary N) is 1. The van der Waals surface area contributed by atoms with Crippen LogP contribution in [0.15, 0.2) is 24.3 Å². The van der Waals surface area contributed by atoms with E-state index in [-0.39, 0.29) is 0 Å². The minimum atomic E-state index is 0.694. The Labute approximate surface area is 118 Å². The predicted octanol–water partition coefficient (Wildman–Crippen LogP) is 3.04. The van der Waals surface area contributed by atoms with Crippen LogP contribution < -0.4 is 10.6 Å². The Morgan fingerprint density at radius 3 is 3.05 bits per heavy atom. The van der Waals surface area contributed by atoms with Crippen LogP contribution >= 0.6 is 11.3 Å². The predicted molar refractivity (Wildman–Crippen MR) is 81.4 cm³/mol. The highest BCUT2D eigenvalue weighted by Crippen LogP contribution is 2.36. The SMILES string of the molecule is Cc1nc(N2CCCc3ccccc32)sc1CCN. The monoisotopic (exact) mass is 273 g/mol. The van der Waals surface area contributed by atoms with Crippen molar-refractivity contribution in [3.63, 3.8) is 0 Å². The minimum Gasteiger partial charge on any atom is -0.330 e. The molecule has 1 aromatic heterocycles. The largest absolute Gasteiger partial charge is 0.330 e. The third-order valence-corrected chi connectivity index (χ3v) is 4.83. The van der Waals surface area contributed by atoms with Gasteiger partial charge in [-0.2, -0.15) is 0 Å². The fraction of sp³-hybridized carbons (Fsp3) is 0.400. The van der Waals surface area contributed by atoms with Crippen LogP contribution in [0.4, 0.5) is 10.8 Å². The summed E-state index contributed by atoms with van der Waals surface area (Å²) in [6.45, 7) is 3.84. The molecular weight excluding hydrogens is 254 g/mol. The van der Waals surface area contributed by atoms with Crippen molar-refractivity contribution in [1.82, 2.24) is 4.98 Å². The molecule has 2 aromatic rings. The van der Waals surface area contributed by atoms with Gasteiger partial charge in [-0.15, -0.1) is 11.3 Å². The molecule has 0 saturated heterocycles. The molecule has 2 N–H and O–H groups in total. The van der Waals surface area contributed by atoms with E-state index >= 15 is 0 Å². The van der Waals surface area contributed by atoms with Crippen LogP contribution in [-0.2, 0) is 12.8 Å². The van der Waals surface area contributed by atoms with Gasteiger partial charge in [-0.05, 0) is 44.4 Å². The van der Waals surface area contributed by atoms with Crippen LogP contribution in [0.1, 0.15) is 22.6 Å². The molecule has 0 fully saturated rings. The summed E-state index contributed by atoms with van der Waals surface area (Å²) >= 11 is 1.79. The number of aromatic nitrogens is 1. The molecule has 0 spiro atoms. The maximum atomic E-state index is 5.66. The van der Waals surface area contributed by atoms with Crippen LogP contribution in [0.2, 0.25) is 0 Å². The number of hydrogen-bond donors (Lipinski definition) is 1. The van der Waals surface area contributed by atoms with E-state index in [9.17, 15) is 0 Å². The zero-order valence-corrected chi connectivity index (χ0v) is 12.0. The van der Waals surface area contributed by atoms with E-state index in [4.69, 9.17) is 10.7 Å². The van der Waals surface area contributed by atoms with E-state index in [2.05, 4.69) is 36.1 Å². The van der Waals surface area contributed by atoms with Gasteiger partial charge in [-0.25, -0.2) is 4.98 Å². The van der Waals surface area contributed by atoms with Crippen LogP contribution in [0.5, 0.6) is 0 Å². The maximum Gasteiger partial charge on any atom is 0.190 e. The second kappa shape index (κ2) is 5.31. The summed E-state index contributed by atoms with van der Waals surface area (Å²) in [6, 6.07) is 8.66. The number of anilines is 2. The lowest BCUT2D eigenvalue weighted by Gasteiger charge is -2.28. The molecule has 3 rings (SSSR count). The number of rotatable bonds is 3. The molecule has 0 amide bonds. The van der Waals surface area contributed by atoms with Crippen molar-refractivity contribution in [3.8, 4) is 0 Å². The number of aryl methyl sites for hydroxylation is 2. The van der Waals surface area contributed by atoms with E-state index in [0.717, 1.165) is 23.8 Å². The van der Waals surface area contributed by atoms with Gasteiger partial charge in [0.15, 0.2) is 5.13 Å². The average Bonchev–Trinajstić information content (AvgIpc) is 2.80. The Morgan fingerprint density at radius 1 is 1.37 bits per heavy atom. The third-order valence-electron chi connectivity index (χ3n) is 3.59. The first kappa shape index (κ1) is 12.6. The number of thiazole rings is 1. The van der Waals surface area contributed by atoms with Gasteiger partial charge in [0.1, 0.15) is 0 Å². The molecule has 3 nitrogen and oxygen atoms in total. The van der Waals surface area contributed by atoms with Crippen molar-refractivity contribution in [2.45, 2.75) is 26.2 Å². The van der Waals surface area contributed by atoms with Crippen molar-refractivity contribution < 1.29 is 0 Å². The second-order valence-corrected chi connectivity index (χ2v) is 5.99. The normalized spacial score (nSPS) is 14.5. The van der Waals surface area contributed by atoms with Crippen molar-refractivity contribution in [3.05, 3.63) is 40.4 Å². The lowest BCUT2D eigenvalue weighted by molar-refractivity contribution is 0.764. The fourth-order valence-electron chi connectivity index (χ4n) is 2.62. The molecule has 0 radical (unpaired) electrons. The molecule has 1 aromatic carbocycles. The summed E-state index contributed by atoms with van der Waals surface area (Å²) in [4.78, 5) is 8.42. The molecule has 0 unspecified atom stereocenters. The molecule has 1 aliphatic rings. The number of fused-ring (bicyclic) bond motifs is 1. The zero-order valence-electron chi connectivity index (χ0n) is 11.2. The van der Waals surface area contributed by atoms with E-state index in [1.807, 2.05) is 0 Å². The van der Waals surface area contributed by atoms with Gasteiger partial charge in [0, 0.05) is 17.1 Å². The second-order valence-electron chi connectivity index (χ2n) is 4.93. The van der Waals surface area contributed by atoms with Crippen molar-refractivity contribution in [1.29, 1.82) is 0 Å². The fourth-order valence-corrected chi connectivity index (χ4v) is 3.74. The van der Waals surface area contributed by atoms with Crippen molar-refractivity contribution in [2.75, 3.05) is 18.0 Å². The highest BCUT2D eigenvalue weighted by atomic mass is 32.1. The Morgan fingerprint density at radius 2 is 2.21 bits per heavy atom. The Hall–Kier alpha value is -1.39. The molecule has 0 saturated carbocycles. The van der Waals surface area contributed by atoms with E-state index in [0.29, 0.717) is 6.54 Å². The summed E-state index contributed by atoms with van der Waals surface area (Å²) in [6.07, 6.45) is 3.30. The summed E-state index contributed by atoms with van der Waals surface area (Å²) < 4.78 is 0. The van der Waals surface area contributed by atoms with Gasteiger partial charge >= 0.3 is 0 Å². The summed E-state index contributed by atoms with van der Waals surface area (Å²) in [7, 11) is 0. The molecule has 0 bridgehead atoms. The molecule has 100 valence electrons. The molecule has 19 heavy (non-hydrogen) atoms. The Bertz CT molecular complexity index is 577. The van der Waals surface area contributed by atoms with Gasteiger partial charge in [-0.3, -0.25) is 0 Å². The van der Waals surface area contributed by atoms with Crippen molar-refractivity contribution in [2.24, 2.45) is 5.73 Å². The molecule has 0 aliphatic carbocycles. The third kappa shape index (κ3) is 2.38. The quantitative estimate of drug-likeness (QED) is 0.934. The molecule has 2 heterocycles. The first-order valence-electron chi connectivity index (χ1n) is 6.81. The Kier molecular flexibility index (Phi) is 3.53. The zero-order chi connectivity index (χ0) is 13.2. The van der Waals surface area contributed by atoms with Gasteiger partial charge in [0.2, 0.25) is 0 Å². The summed E-state index contributed by atoms with van der Waals surface area (Å²) in [5.74, 6) is 0. The summed E-state index contributed by atoms with van der Waals surface area (Å²) in [5.41, 5.74) is 9.55. The minimum absolute atomic E-state index is 0.694. The van der Waals surface area contributed by atoms with Crippen molar-refractivity contribution >= 4 is 22.2 Å². The van der Waals surface area contributed by atoms with E-state index < -0.39 is 0 Å². The Balaban J connectivity index is 1.97. The van der Waals surface area contributed by atoms with E-state index in [1.165, 1.54) is 29.0 Å². The lowest BCUT2D eigenvalue weighted by atomic mass is 10.0. The van der Waals surface area contributed by atoms with Gasteiger partial charge in [0.25, 0.3) is 0 Å². The topological polar surface area (TPSA) is 42.2 Å². The molecule has 1 aliphatic heterocycles. The summed E-state index contributed by atoms with van der Waals surface area (Å²) in [5, 5.41) is 1.12. The first-order valence-corrected chi connectivity index (χ1v) is 7.63. The molecule has 0 atom stereocenters. The molecule has 4 heteroatoms.